The van der Waals surface area contributed by atoms with Gasteiger partial charge < -0.3 is 14.5 Å². The number of benzene rings is 1. The van der Waals surface area contributed by atoms with Crippen molar-refractivity contribution in [2.24, 2.45) is 0 Å². The lowest BCUT2D eigenvalue weighted by atomic mass is 10.0. The molecule has 6 nitrogen and oxygen atoms in total. The van der Waals surface area contributed by atoms with E-state index in [-0.39, 0.29) is 18.4 Å². The minimum atomic E-state index is -0.929. The molecule has 1 N–H and O–H groups in total. The fourth-order valence-electron chi connectivity index (χ4n) is 2.67. The summed E-state index contributed by atoms with van der Waals surface area (Å²) in [6.45, 7) is 5.80. The highest BCUT2D eigenvalue weighted by atomic mass is 16.5. The van der Waals surface area contributed by atoms with Crippen LogP contribution in [0.1, 0.15) is 48.5 Å². The van der Waals surface area contributed by atoms with Gasteiger partial charge in [0.15, 0.2) is 6.10 Å². The summed E-state index contributed by atoms with van der Waals surface area (Å²) in [7, 11) is 0. The third kappa shape index (κ3) is 4.34. The summed E-state index contributed by atoms with van der Waals surface area (Å²) in [6, 6.07) is 12.6. The lowest BCUT2D eigenvalue weighted by molar-refractivity contribution is -0.129. The lowest BCUT2D eigenvalue weighted by Crippen LogP contribution is -2.35. The number of furan rings is 1. The summed E-state index contributed by atoms with van der Waals surface area (Å²) in [6.07, 6.45) is 0.605. The maximum absolute atomic E-state index is 12.7. The van der Waals surface area contributed by atoms with Crippen LogP contribution in [0.5, 0.6) is 0 Å². The highest BCUT2D eigenvalue weighted by molar-refractivity contribution is 6.04. The highest BCUT2D eigenvalue weighted by Gasteiger charge is 2.21. The van der Waals surface area contributed by atoms with E-state index in [2.05, 4.69) is 10.3 Å². The number of carbonyl (C=O) groups excluding carboxylic acids is 2. The van der Waals surface area contributed by atoms with Gasteiger partial charge in [-0.3, -0.25) is 9.78 Å². The molecule has 2 heterocycles. The topological polar surface area (TPSA) is 81.4 Å². The summed E-state index contributed by atoms with van der Waals surface area (Å²) < 4.78 is 10.6. The number of nitrogens with one attached hydrogen (secondary N) is 1. The van der Waals surface area contributed by atoms with Crippen molar-refractivity contribution in [1.82, 2.24) is 10.3 Å². The smallest absolute Gasteiger partial charge is 0.339 e. The number of rotatable bonds is 6. The quantitative estimate of drug-likeness (QED) is 0.671. The van der Waals surface area contributed by atoms with E-state index in [9.17, 15) is 9.59 Å². The standard InChI is InChI=1S/C21H22N2O4/c1-13(2)19-11-17(16-8-4-5-9-18(16)23-19)21(25)27-14(3)20(24)22-12-15-7-6-10-26-15/h4-11,13-14H,12H2,1-3H3,(H,22,24). The number of para-hydroxylation sites is 1. The second kappa shape index (κ2) is 8.03. The van der Waals surface area contributed by atoms with Crippen LogP contribution in [0.15, 0.2) is 53.1 Å². The molecule has 0 aliphatic rings. The van der Waals surface area contributed by atoms with E-state index in [1.54, 1.807) is 25.1 Å². The predicted octanol–water partition coefficient (Wildman–Crippen LogP) is 3.81. The largest absolute Gasteiger partial charge is 0.467 e. The van der Waals surface area contributed by atoms with Gasteiger partial charge in [-0.2, -0.15) is 0 Å². The lowest BCUT2D eigenvalue weighted by Gasteiger charge is -2.15. The van der Waals surface area contributed by atoms with Crippen molar-refractivity contribution in [3.8, 4) is 0 Å². The van der Waals surface area contributed by atoms with Crippen LogP contribution < -0.4 is 5.32 Å². The van der Waals surface area contributed by atoms with Crippen LogP contribution in [0.3, 0.4) is 0 Å². The molecule has 0 radical (unpaired) electrons. The molecule has 0 aliphatic carbocycles. The van der Waals surface area contributed by atoms with Crippen molar-refractivity contribution >= 4 is 22.8 Å². The first-order chi connectivity index (χ1) is 13.0. The van der Waals surface area contributed by atoms with Crippen molar-refractivity contribution in [2.75, 3.05) is 0 Å². The van der Waals surface area contributed by atoms with E-state index in [0.29, 0.717) is 16.7 Å². The first-order valence-electron chi connectivity index (χ1n) is 8.86. The Morgan fingerprint density at radius 1 is 1.15 bits per heavy atom. The van der Waals surface area contributed by atoms with Gasteiger partial charge in [0.05, 0.1) is 23.9 Å². The molecule has 0 saturated heterocycles. The molecular weight excluding hydrogens is 344 g/mol. The zero-order valence-electron chi connectivity index (χ0n) is 15.6. The number of aromatic nitrogens is 1. The molecule has 0 spiro atoms. The Morgan fingerprint density at radius 2 is 1.93 bits per heavy atom. The fraction of sp³-hybridized carbons (Fsp3) is 0.286. The Balaban J connectivity index is 1.76. The molecule has 1 aromatic carbocycles. The molecule has 0 aliphatic heterocycles. The number of carbonyl (C=O) groups is 2. The highest BCUT2D eigenvalue weighted by Crippen LogP contribution is 2.23. The molecule has 0 saturated carbocycles. The van der Waals surface area contributed by atoms with Crippen molar-refractivity contribution < 1.29 is 18.7 Å². The summed E-state index contributed by atoms with van der Waals surface area (Å²) in [5.74, 6) is -0.142. The van der Waals surface area contributed by atoms with Crippen LogP contribution in [0, 0.1) is 0 Å². The second-order valence-corrected chi connectivity index (χ2v) is 6.61. The predicted molar refractivity (Wildman–Crippen MR) is 101 cm³/mol. The van der Waals surface area contributed by atoms with Gasteiger partial charge in [-0.1, -0.05) is 32.0 Å². The monoisotopic (exact) mass is 366 g/mol. The molecule has 1 amide bonds. The third-order valence-corrected chi connectivity index (χ3v) is 4.22. The first-order valence-corrected chi connectivity index (χ1v) is 8.86. The van der Waals surface area contributed by atoms with Crippen LogP contribution in [-0.4, -0.2) is 23.0 Å². The average Bonchev–Trinajstić information content (AvgIpc) is 3.18. The maximum Gasteiger partial charge on any atom is 0.339 e. The van der Waals surface area contributed by atoms with Crippen LogP contribution in [0.2, 0.25) is 0 Å². The Kier molecular flexibility index (Phi) is 5.54. The van der Waals surface area contributed by atoms with E-state index in [0.717, 1.165) is 11.2 Å². The molecule has 1 unspecified atom stereocenters. The number of pyridine rings is 1. The summed E-state index contributed by atoms with van der Waals surface area (Å²) >= 11 is 0. The molecule has 3 rings (SSSR count). The molecule has 140 valence electrons. The van der Waals surface area contributed by atoms with Crippen molar-refractivity contribution in [3.05, 3.63) is 65.7 Å². The first kappa shape index (κ1) is 18.6. The Labute approximate surface area is 157 Å². The van der Waals surface area contributed by atoms with Crippen LogP contribution in [-0.2, 0) is 16.1 Å². The average molecular weight is 366 g/mol. The van der Waals surface area contributed by atoms with Crippen molar-refractivity contribution in [1.29, 1.82) is 0 Å². The SMILES string of the molecule is CC(OC(=O)c1cc(C(C)C)nc2ccccc12)C(=O)NCc1ccco1. The van der Waals surface area contributed by atoms with Crippen molar-refractivity contribution in [2.45, 2.75) is 39.3 Å². The number of hydrogen-bond donors (Lipinski definition) is 1. The number of nitrogens with zero attached hydrogens (tertiary/aromatic N) is 1. The van der Waals surface area contributed by atoms with E-state index in [4.69, 9.17) is 9.15 Å². The van der Waals surface area contributed by atoms with Gasteiger partial charge in [0.1, 0.15) is 5.76 Å². The van der Waals surface area contributed by atoms with Crippen molar-refractivity contribution in [3.63, 3.8) is 0 Å². The molecule has 2 aromatic heterocycles. The Hall–Kier alpha value is -3.15. The normalized spacial score (nSPS) is 12.1. The van der Waals surface area contributed by atoms with Gasteiger partial charge in [-0.15, -0.1) is 0 Å². The van der Waals surface area contributed by atoms with Gasteiger partial charge in [0.25, 0.3) is 5.91 Å². The number of hydrogen-bond acceptors (Lipinski definition) is 5. The molecule has 0 fully saturated rings. The zero-order valence-corrected chi connectivity index (χ0v) is 15.6. The van der Waals surface area contributed by atoms with Gasteiger partial charge in [0.2, 0.25) is 0 Å². The number of fused-ring (bicyclic) bond motifs is 1. The van der Waals surface area contributed by atoms with Crippen LogP contribution in [0.4, 0.5) is 0 Å². The van der Waals surface area contributed by atoms with E-state index < -0.39 is 12.1 Å². The second-order valence-electron chi connectivity index (χ2n) is 6.61. The molecule has 1 atom stereocenters. The number of ether oxygens (including phenoxy) is 1. The molecule has 0 bridgehead atoms. The fourth-order valence-corrected chi connectivity index (χ4v) is 2.67. The number of amides is 1. The Bertz CT molecular complexity index is 948. The molecule has 3 aromatic rings. The third-order valence-electron chi connectivity index (χ3n) is 4.22. The van der Waals surface area contributed by atoms with Gasteiger partial charge in [-0.25, -0.2) is 4.79 Å². The summed E-state index contributed by atoms with van der Waals surface area (Å²) in [5.41, 5.74) is 1.94. The van der Waals surface area contributed by atoms with Gasteiger partial charge in [0, 0.05) is 11.1 Å². The van der Waals surface area contributed by atoms with E-state index in [1.165, 1.54) is 6.26 Å². The van der Waals surface area contributed by atoms with Gasteiger partial charge in [-0.05, 0) is 37.1 Å². The Morgan fingerprint density at radius 3 is 2.63 bits per heavy atom. The number of esters is 1. The van der Waals surface area contributed by atoms with E-state index in [1.807, 2.05) is 38.1 Å². The van der Waals surface area contributed by atoms with Crippen LogP contribution >= 0.6 is 0 Å². The maximum atomic E-state index is 12.7. The van der Waals surface area contributed by atoms with Crippen LogP contribution in [0.25, 0.3) is 10.9 Å². The summed E-state index contributed by atoms with van der Waals surface area (Å²) in [5, 5.41) is 3.39. The molecule has 6 heteroatoms. The summed E-state index contributed by atoms with van der Waals surface area (Å²) in [4.78, 5) is 29.5. The molecular formula is C21H22N2O4. The van der Waals surface area contributed by atoms with E-state index >= 15 is 0 Å². The zero-order chi connectivity index (χ0) is 19.4. The molecule has 27 heavy (non-hydrogen) atoms. The minimum absolute atomic E-state index is 0.162. The minimum Gasteiger partial charge on any atom is -0.467 e. The van der Waals surface area contributed by atoms with Gasteiger partial charge >= 0.3 is 5.97 Å².